The van der Waals surface area contributed by atoms with Crippen molar-refractivity contribution >= 4 is 0 Å². The fraction of sp³-hybridized carbons (Fsp3) is 0.412. The standard InChI is InChI=1S/C17H18N2O2/c20-17-13-6-2-3-7-14(13)18-16(19-17)12-9-11-5-1-4-8-15(11)21-10-12/h1,4-5,8,12H,2-3,6-7,9-10H2,(H,18,19,20). The van der Waals surface area contributed by atoms with Crippen LogP contribution in [0.15, 0.2) is 29.1 Å². The molecule has 108 valence electrons. The lowest BCUT2D eigenvalue weighted by Gasteiger charge is -2.25. The highest BCUT2D eigenvalue weighted by Crippen LogP contribution is 2.31. The summed E-state index contributed by atoms with van der Waals surface area (Å²) < 4.78 is 5.81. The topological polar surface area (TPSA) is 55.0 Å². The number of ether oxygens (including phenoxy) is 1. The Hall–Kier alpha value is -2.10. The molecule has 2 aromatic rings. The van der Waals surface area contributed by atoms with Crippen molar-refractivity contribution in [2.45, 2.75) is 38.0 Å². The molecule has 0 radical (unpaired) electrons. The van der Waals surface area contributed by atoms with Crippen molar-refractivity contribution in [1.29, 1.82) is 0 Å². The Bertz CT molecular complexity index is 736. The zero-order valence-corrected chi connectivity index (χ0v) is 11.9. The van der Waals surface area contributed by atoms with Crippen LogP contribution >= 0.6 is 0 Å². The van der Waals surface area contributed by atoms with E-state index in [1.807, 2.05) is 18.2 Å². The summed E-state index contributed by atoms with van der Waals surface area (Å²) in [6.07, 6.45) is 4.89. The molecule has 0 saturated heterocycles. The molecular formula is C17H18N2O2. The number of para-hydroxylation sites is 1. The van der Waals surface area contributed by atoms with Gasteiger partial charge in [-0.25, -0.2) is 4.98 Å². The zero-order chi connectivity index (χ0) is 14.2. The van der Waals surface area contributed by atoms with Gasteiger partial charge in [0.2, 0.25) is 0 Å². The molecule has 1 atom stereocenters. The largest absolute Gasteiger partial charge is 0.493 e. The number of hydrogen-bond acceptors (Lipinski definition) is 3. The van der Waals surface area contributed by atoms with Crippen molar-refractivity contribution < 1.29 is 4.74 Å². The molecule has 0 amide bonds. The van der Waals surface area contributed by atoms with Crippen molar-refractivity contribution in [3.05, 3.63) is 57.3 Å². The molecule has 1 N–H and O–H groups in total. The Morgan fingerprint density at radius 2 is 2.05 bits per heavy atom. The molecule has 1 aliphatic carbocycles. The SMILES string of the molecule is O=c1[nH]c(C2COc3ccccc3C2)nc2c1CCCC2. The smallest absolute Gasteiger partial charge is 0.254 e. The fourth-order valence-corrected chi connectivity index (χ4v) is 3.32. The normalized spacial score (nSPS) is 20.3. The Kier molecular flexibility index (Phi) is 3.02. The van der Waals surface area contributed by atoms with Crippen LogP contribution in [0.2, 0.25) is 0 Å². The second kappa shape index (κ2) is 5.02. The van der Waals surface area contributed by atoms with Crippen molar-refractivity contribution in [1.82, 2.24) is 9.97 Å². The lowest BCUT2D eigenvalue weighted by Crippen LogP contribution is -2.28. The highest BCUT2D eigenvalue weighted by molar-refractivity contribution is 5.36. The average molecular weight is 282 g/mol. The van der Waals surface area contributed by atoms with Crippen molar-refractivity contribution in [3.63, 3.8) is 0 Å². The summed E-state index contributed by atoms with van der Waals surface area (Å²) in [4.78, 5) is 20.0. The van der Waals surface area contributed by atoms with E-state index in [0.717, 1.165) is 54.9 Å². The van der Waals surface area contributed by atoms with Gasteiger partial charge in [-0.1, -0.05) is 18.2 Å². The number of fused-ring (bicyclic) bond motifs is 2. The molecule has 2 aliphatic rings. The lowest BCUT2D eigenvalue weighted by atomic mass is 9.94. The Labute approximate surface area is 123 Å². The van der Waals surface area contributed by atoms with Gasteiger partial charge in [0, 0.05) is 5.56 Å². The highest BCUT2D eigenvalue weighted by Gasteiger charge is 2.25. The molecule has 4 nitrogen and oxygen atoms in total. The summed E-state index contributed by atoms with van der Waals surface area (Å²) >= 11 is 0. The molecule has 0 fully saturated rings. The molecule has 4 rings (SSSR count). The first kappa shape index (κ1) is 12.6. The summed E-state index contributed by atoms with van der Waals surface area (Å²) in [5, 5.41) is 0. The molecule has 0 spiro atoms. The van der Waals surface area contributed by atoms with Gasteiger partial charge in [-0.05, 0) is 43.7 Å². The third-order valence-electron chi connectivity index (χ3n) is 4.48. The lowest BCUT2D eigenvalue weighted by molar-refractivity contribution is 0.257. The number of aryl methyl sites for hydroxylation is 1. The van der Waals surface area contributed by atoms with E-state index in [1.165, 1.54) is 5.56 Å². The predicted octanol–water partition coefficient (Wildman–Crippen LogP) is 2.37. The second-order valence-corrected chi connectivity index (χ2v) is 5.90. The van der Waals surface area contributed by atoms with Gasteiger partial charge in [0.25, 0.3) is 5.56 Å². The monoisotopic (exact) mass is 282 g/mol. The maximum atomic E-state index is 12.2. The molecule has 21 heavy (non-hydrogen) atoms. The van der Waals surface area contributed by atoms with E-state index in [2.05, 4.69) is 11.1 Å². The highest BCUT2D eigenvalue weighted by atomic mass is 16.5. The number of nitrogens with zero attached hydrogens (tertiary/aromatic N) is 1. The first-order valence-corrected chi connectivity index (χ1v) is 7.64. The Balaban J connectivity index is 1.69. The molecule has 4 heteroatoms. The number of aromatic amines is 1. The van der Waals surface area contributed by atoms with Crippen LogP contribution < -0.4 is 10.3 Å². The van der Waals surface area contributed by atoms with Gasteiger partial charge in [-0.2, -0.15) is 0 Å². The number of hydrogen-bond donors (Lipinski definition) is 1. The maximum Gasteiger partial charge on any atom is 0.254 e. The van der Waals surface area contributed by atoms with E-state index in [-0.39, 0.29) is 11.5 Å². The summed E-state index contributed by atoms with van der Waals surface area (Å²) in [6, 6.07) is 8.08. The van der Waals surface area contributed by atoms with Crippen molar-refractivity contribution in [2.75, 3.05) is 6.61 Å². The summed E-state index contributed by atoms with van der Waals surface area (Å²) in [6.45, 7) is 0.582. The average Bonchev–Trinajstić information content (AvgIpc) is 2.54. The maximum absolute atomic E-state index is 12.2. The summed E-state index contributed by atoms with van der Waals surface area (Å²) in [5.41, 5.74) is 3.13. The van der Waals surface area contributed by atoms with E-state index in [1.54, 1.807) is 0 Å². The van der Waals surface area contributed by atoms with Gasteiger partial charge in [-0.3, -0.25) is 4.79 Å². The van der Waals surface area contributed by atoms with Crippen LogP contribution in [0.25, 0.3) is 0 Å². The van der Waals surface area contributed by atoms with Crippen LogP contribution in [0, 0.1) is 0 Å². The predicted molar refractivity (Wildman–Crippen MR) is 79.9 cm³/mol. The number of benzene rings is 1. The van der Waals surface area contributed by atoms with E-state index in [4.69, 9.17) is 9.72 Å². The third kappa shape index (κ3) is 2.24. The van der Waals surface area contributed by atoms with E-state index in [0.29, 0.717) is 6.61 Å². The van der Waals surface area contributed by atoms with Crippen LogP contribution in [-0.2, 0) is 19.3 Å². The zero-order valence-electron chi connectivity index (χ0n) is 11.9. The van der Waals surface area contributed by atoms with Crippen LogP contribution in [0.1, 0.15) is 41.4 Å². The molecule has 1 aromatic heterocycles. The first-order chi connectivity index (χ1) is 10.3. The fourth-order valence-electron chi connectivity index (χ4n) is 3.32. The molecule has 0 saturated carbocycles. The Morgan fingerprint density at radius 1 is 1.19 bits per heavy atom. The molecule has 1 aliphatic heterocycles. The summed E-state index contributed by atoms with van der Waals surface area (Å²) in [7, 11) is 0. The van der Waals surface area contributed by atoms with Crippen molar-refractivity contribution in [3.8, 4) is 5.75 Å². The van der Waals surface area contributed by atoms with Gasteiger partial charge in [0.1, 0.15) is 11.6 Å². The number of H-pyrrole nitrogens is 1. The Morgan fingerprint density at radius 3 is 3.00 bits per heavy atom. The quantitative estimate of drug-likeness (QED) is 0.873. The van der Waals surface area contributed by atoms with E-state index in [9.17, 15) is 4.79 Å². The summed E-state index contributed by atoms with van der Waals surface area (Å²) in [5.74, 6) is 1.88. The minimum absolute atomic E-state index is 0.0496. The van der Waals surface area contributed by atoms with Crippen LogP contribution in [-0.4, -0.2) is 16.6 Å². The second-order valence-electron chi connectivity index (χ2n) is 5.90. The van der Waals surface area contributed by atoms with E-state index >= 15 is 0 Å². The number of rotatable bonds is 1. The molecule has 1 aromatic carbocycles. The molecule has 2 heterocycles. The van der Waals surface area contributed by atoms with Crippen LogP contribution in [0.5, 0.6) is 5.75 Å². The third-order valence-corrected chi connectivity index (χ3v) is 4.48. The van der Waals surface area contributed by atoms with Gasteiger partial charge < -0.3 is 9.72 Å². The van der Waals surface area contributed by atoms with E-state index < -0.39 is 0 Å². The van der Waals surface area contributed by atoms with Gasteiger partial charge >= 0.3 is 0 Å². The first-order valence-electron chi connectivity index (χ1n) is 7.64. The molecular weight excluding hydrogens is 264 g/mol. The van der Waals surface area contributed by atoms with Crippen LogP contribution in [0.3, 0.4) is 0 Å². The van der Waals surface area contributed by atoms with Gasteiger partial charge in [0.05, 0.1) is 18.2 Å². The number of aromatic nitrogens is 2. The molecule has 1 unspecified atom stereocenters. The minimum Gasteiger partial charge on any atom is -0.493 e. The van der Waals surface area contributed by atoms with Crippen LogP contribution in [0.4, 0.5) is 0 Å². The van der Waals surface area contributed by atoms with Crippen molar-refractivity contribution in [2.24, 2.45) is 0 Å². The molecule has 0 bridgehead atoms. The van der Waals surface area contributed by atoms with Gasteiger partial charge in [-0.15, -0.1) is 0 Å². The number of nitrogens with one attached hydrogen (secondary N) is 1. The van der Waals surface area contributed by atoms with Gasteiger partial charge in [0.15, 0.2) is 0 Å². The minimum atomic E-state index is 0.0496.